The number of carbonyl (C=O) groups is 2. The average Bonchev–Trinajstić information content (AvgIpc) is 3.13. The van der Waals surface area contributed by atoms with Crippen LogP contribution in [-0.2, 0) is 22.4 Å². The van der Waals surface area contributed by atoms with Gasteiger partial charge in [-0.2, -0.15) is 0 Å². The van der Waals surface area contributed by atoms with Crippen LogP contribution < -0.4 is 16.0 Å². The highest BCUT2D eigenvalue weighted by Crippen LogP contribution is 2.28. The molecule has 5 nitrogen and oxygen atoms in total. The van der Waals surface area contributed by atoms with Crippen LogP contribution in [-0.4, -0.2) is 24.4 Å². The molecule has 0 bridgehead atoms. The number of nitrogens with one attached hydrogen (secondary N) is 1. The Morgan fingerprint density at radius 1 is 1.03 bits per heavy atom. The maximum atomic E-state index is 12.9. The molecule has 2 atom stereocenters. The van der Waals surface area contributed by atoms with Crippen LogP contribution in [0.25, 0.3) is 0 Å². The van der Waals surface area contributed by atoms with E-state index in [9.17, 15) is 9.59 Å². The van der Waals surface area contributed by atoms with Gasteiger partial charge in [0.15, 0.2) is 0 Å². The van der Waals surface area contributed by atoms with Crippen molar-refractivity contribution < 1.29 is 9.59 Å². The summed E-state index contributed by atoms with van der Waals surface area (Å²) in [6.45, 7) is 0.771. The summed E-state index contributed by atoms with van der Waals surface area (Å²) < 4.78 is 0. The molecule has 30 heavy (non-hydrogen) atoms. The second kappa shape index (κ2) is 10.1. The first-order chi connectivity index (χ1) is 14.1. The minimum absolute atomic E-state index is 0. The Morgan fingerprint density at radius 2 is 1.80 bits per heavy atom. The van der Waals surface area contributed by atoms with Gasteiger partial charge in [0.1, 0.15) is 0 Å². The van der Waals surface area contributed by atoms with Gasteiger partial charge in [-0.15, -0.1) is 12.4 Å². The smallest absolute Gasteiger partial charge is 0.231 e. The Hall–Kier alpha value is -2.37. The summed E-state index contributed by atoms with van der Waals surface area (Å²) in [6.07, 6.45) is 6.04. The highest BCUT2D eigenvalue weighted by atomic mass is 35.5. The van der Waals surface area contributed by atoms with E-state index >= 15 is 0 Å². The third-order valence-corrected chi connectivity index (χ3v) is 6.17. The standard InChI is InChI=1S/C24H29N3O2.ClH/c25-21-8-3-6-19(21)16-23(28)26-20-12-10-17(11-13-20)15-24(29)27-14-4-7-18-5-1-2-9-22(18)27;/h1-2,5,9-13,19,21H,3-4,6-8,14-16,25H2,(H,26,28);1H/t19-,21+;/m0./s1. The van der Waals surface area contributed by atoms with E-state index in [1.54, 1.807) is 0 Å². The zero-order chi connectivity index (χ0) is 20.2. The number of hydrogen-bond donors (Lipinski definition) is 2. The lowest BCUT2D eigenvalue weighted by molar-refractivity contribution is -0.118. The fraction of sp³-hybridized carbons (Fsp3) is 0.417. The number of rotatable bonds is 5. The molecule has 1 heterocycles. The molecule has 6 heteroatoms. The number of halogens is 1. The molecule has 2 aliphatic rings. The summed E-state index contributed by atoms with van der Waals surface area (Å²) in [6, 6.07) is 15.9. The highest BCUT2D eigenvalue weighted by molar-refractivity contribution is 5.96. The van der Waals surface area contributed by atoms with Gasteiger partial charge in [0.2, 0.25) is 11.8 Å². The summed E-state index contributed by atoms with van der Waals surface area (Å²) in [4.78, 5) is 27.0. The first-order valence-electron chi connectivity index (χ1n) is 10.6. The number of fused-ring (bicyclic) bond motifs is 1. The van der Waals surface area contributed by atoms with Crippen LogP contribution in [0.4, 0.5) is 11.4 Å². The first-order valence-corrected chi connectivity index (χ1v) is 10.6. The SMILES string of the molecule is Cl.N[C@@H]1CCC[C@H]1CC(=O)Nc1ccc(CC(=O)N2CCCc3ccccc32)cc1. The van der Waals surface area contributed by atoms with Gasteiger partial charge in [-0.3, -0.25) is 9.59 Å². The van der Waals surface area contributed by atoms with Crippen molar-refractivity contribution in [3.63, 3.8) is 0 Å². The zero-order valence-electron chi connectivity index (χ0n) is 17.2. The largest absolute Gasteiger partial charge is 0.327 e. The summed E-state index contributed by atoms with van der Waals surface area (Å²) in [5, 5.41) is 2.96. The maximum absolute atomic E-state index is 12.9. The van der Waals surface area contributed by atoms with Crippen LogP contribution in [0.15, 0.2) is 48.5 Å². The van der Waals surface area contributed by atoms with E-state index in [1.807, 2.05) is 47.4 Å². The Kier molecular flexibility index (Phi) is 7.51. The van der Waals surface area contributed by atoms with E-state index in [0.29, 0.717) is 18.8 Å². The van der Waals surface area contributed by atoms with Gasteiger partial charge >= 0.3 is 0 Å². The second-order valence-corrected chi connectivity index (χ2v) is 8.26. The molecule has 0 spiro atoms. The lowest BCUT2D eigenvalue weighted by Gasteiger charge is -2.29. The van der Waals surface area contributed by atoms with Crippen molar-refractivity contribution in [2.75, 3.05) is 16.8 Å². The predicted molar refractivity (Wildman–Crippen MR) is 123 cm³/mol. The topological polar surface area (TPSA) is 75.4 Å². The van der Waals surface area contributed by atoms with Crippen LogP contribution in [0.3, 0.4) is 0 Å². The number of anilines is 2. The molecule has 0 unspecified atom stereocenters. The van der Waals surface area contributed by atoms with E-state index in [2.05, 4.69) is 11.4 Å². The van der Waals surface area contributed by atoms with Crippen molar-refractivity contribution in [2.45, 2.75) is 51.0 Å². The van der Waals surface area contributed by atoms with Crippen LogP contribution >= 0.6 is 12.4 Å². The molecular weight excluding hydrogens is 398 g/mol. The third-order valence-electron chi connectivity index (χ3n) is 6.17. The molecule has 2 aromatic carbocycles. The molecule has 3 N–H and O–H groups in total. The normalized spacial score (nSPS) is 20.2. The molecule has 0 aromatic heterocycles. The number of carbonyl (C=O) groups excluding carboxylic acids is 2. The second-order valence-electron chi connectivity index (χ2n) is 8.26. The van der Waals surface area contributed by atoms with Crippen molar-refractivity contribution in [2.24, 2.45) is 11.7 Å². The molecule has 1 aliphatic heterocycles. The molecule has 2 aromatic rings. The van der Waals surface area contributed by atoms with Crippen LogP contribution in [0, 0.1) is 5.92 Å². The van der Waals surface area contributed by atoms with Crippen LogP contribution in [0.2, 0.25) is 0 Å². The molecular formula is C24H30ClN3O2. The summed E-state index contributed by atoms with van der Waals surface area (Å²) >= 11 is 0. The maximum Gasteiger partial charge on any atom is 0.231 e. The van der Waals surface area contributed by atoms with Crippen molar-refractivity contribution in [3.05, 3.63) is 59.7 Å². The number of hydrogen-bond acceptors (Lipinski definition) is 3. The molecule has 1 aliphatic carbocycles. The van der Waals surface area contributed by atoms with Gasteiger partial charge in [-0.05, 0) is 60.9 Å². The van der Waals surface area contributed by atoms with Gasteiger partial charge in [0.25, 0.3) is 0 Å². The fourth-order valence-corrected chi connectivity index (χ4v) is 4.54. The van der Waals surface area contributed by atoms with E-state index in [0.717, 1.165) is 55.6 Å². The Balaban J connectivity index is 0.00000256. The summed E-state index contributed by atoms with van der Waals surface area (Å²) in [7, 11) is 0. The summed E-state index contributed by atoms with van der Waals surface area (Å²) in [5.74, 6) is 0.421. The lowest BCUT2D eigenvalue weighted by Crippen LogP contribution is -2.36. The molecule has 160 valence electrons. The van der Waals surface area contributed by atoms with Crippen molar-refractivity contribution >= 4 is 35.6 Å². The Bertz CT molecular complexity index is 884. The van der Waals surface area contributed by atoms with Crippen LogP contribution in [0.1, 0.15) is 43.2 Å². The number of nitrogens with two attached hydrogens (primary N) is 1. The predicted octanol–water partition coefficient (Wildman–Crippen LogP) is 4.09. The van der Waals surface area contributed by atoms with Crippen LogP contribution in [0.5, 0.6) is 0 Å². The van der Waals surface area contributed by atoms with Gasteiger partial charge in [-0.25, -0.2) is 0 Å². The highest BCUT2D eigenvalue weighted by Gasteiger charge is 2.26. The van der Waals surface area contributed by atoms with E-state index in [4.69, 9.17) is 5.73 Å². The zero-order valence-corrected chi connectivity index (χ0v) is 18.0. The molecule has 2 amide bonds. The van der Waals surface area contributed by atoms with Gasteiger partial charge in [0.05, 0.1) is 6.42 Å². The fourth-order valence-electron chi connectivity index (χ4n) is 4.54. The Morgan fingerprint density at radius 3 is 2.53 bits per heavy atom. The van der Waals surface area contributed by atoms with Crippen molar-refractivity contribution in [1.29, 1.82) is 0 Å². The van der Waals surface area contributed by atoms with E-state index < -0.39 is 0 Å². The number of para-hydroxylation sites is 1. The lowest BCUT2D eigenvalue weighted by atomic mass is 10.00. The monoisotopic (exact) mass is 427 g/mol. The quantitative estimate of drug-likeness (QED) is 0.754. The van der Waals surface area contributed by atoms with Gasteiger partial charge in [-0.1, -0.05) is 36.8 Å². The van der Waals surface area contributed by atoms with Crippen molar-refractivity contribution in [3.8, 4) is 0 Å². The molecule has 1 fully saturated rings. The van der Waals surface area contributed by atoms with Gasteiger partial charge < -0.3 is 16.0 Å². The van der Waals surface area contributed by atoms with E-state index in [1.165, 1.54) is 5.56 Å². The summed E-state index contributed by atoms with van der Waals surface area (Å²) in [5.41, 5.74) is 10.1. The molecule has 1 saturated carbocycles. The first kappa shape index (κ1) is 22.3. The van der Waals surface area contributed by atoms with Gasteiger partial charge in [0, 0.05) is 30.4 Å². The molecule has 4 rings (SSSR count). The number of amides is 2. The van der Waals surface area contributed by atoms with E-state index in [-0.39, 0.29) is 30.3 Å². The van der Waals surface area contributed by atoms with Crippen molar-refractivity contribution in [1.82, 2.24) is 0 Å². The number of benzene rings is 2. The molecule has 0 radical (unpaired) electrons. The minimum Gasteiger partial charge on any atom is -0.327 e. The average molecular weight is 428 g/mol. The third kappa shape index (κ3) is 5.21. The Labute approximate surface area is 184 Å². The number of aryl methyl sites for hydroxylation is 1. The minimum atomic E-state index is 0. The number of nitrogens with zero attached hydrogens (tertiary/aromatic N) is 1. The molecule has 0 saturated heterocycles.